The molecule has 0 aliphatic heterocycles. The smallest absolute Gasteiger partial charge is 0.223 e. The van der Waals surface area contributed by atoms with Crippen molar-refractivity contribution in [3.8, 4) is 0 Å². The molecule has 116 valence electrons. The lowest BCUT2D eigenvalue weighted by molar-refractivity contribution is -0.0312. The van der Waals surface area contributed by atoms with Crippen LogP contribution in [0, 0.1) is 17.8 Å². The number of fused-ring (bicyclic) bond motifs is 2. The van der Waals surface area contributed by atoms with Crippen molar-refractivity contribution in [2.45, 2.75) is 24.7 Å². The van der Waals surface area contributed by atoms with Crippen molar-refractivity contribution >= 4 is 29.1 Å². The van der Waals surface area contributed by atoms with Crippen molar-refractivity contribution < 1.29 is 15.3 Å². The molecule has 6 atom stereocenters. The molecule has 2 fully saturated rings. The minimum atomic E-state index is -0.704. The summed E-state index contributed by atoms with van der Waals surface area (Å²) in [4.78, 5) is 7.72. The van der Waals surface area contributed by atoms with Crippen LogP contribution in [-0.2, 0) is 0 Å². The molecule has 1 aromatic rings. The van der Waals surface area contributed by atoms with Gasteiger partial charge in [-0.2, -0.15) is 9.97 Å². The third-order valence-corrected chi connectivity index (χ3v) is 4.96. The number of anilines is 3. The second-order valence-electron chi connectivity index (χ2n) is 5.70. The lowest BCUT2D eigenvalue weighted by Crippen LogP contribution is -2.49. The Morgan fingerprint density at radius 2 is 1.90 bits per heavy atom. The molecule has 0 aromatic carbocycles. The highest BCUT2D eigenvalue weighted by Crippen LogP contribution is 2.49. The zero-order valence-electron chi connectivity index (χ0n) is 11.1. The number of hydrogen-bond donors (Lipinski definition) is 6. The maximum absolute atomic E-state index is 10.4. The van der Waals surface area contributed by atoms with E-state index in [0.29, 0.717) is 6.42 Å². The van der Waals surface area contributed by atoms with Crippen molar-refractivity contribution in [1.29, 1.82) is 0 Å². The Hall–Kier alpha value is -1.35. The van der Waals surface area contributed by atoms with Crippen LogP contribution in [0.25, 0.3) is 0 Å². The van der Waals surface area contributed by atoms with E-state index in [1.807, 2.05) is 0 Å². The number of nitrogens with two attached hydrogens (primary N) is 2. The standard InChI is InChI=1S/C12H18ClN5O3/c13-10-6(14)11(18-12(15)17-10)16-7-4-1-3(9(7)21)5(2-19)8(4)20/h3-5,7-9,19-21H,1-2,14H2,(H3,15,16,17,18)/t3-,4-,5-,7-,8-,9-/m1/s1. The van der Waals surface area contributed by atoms with Gasteiger partial charge in [-0.3, -0.25) is 0 Å². The predicted octanol–water partition coefficient (Wildman–Crippen LogP) is -0.945. The Morgan fingerprint density at radius 1 is 1.19 bits per heavy atom. The van der Waals surface area contributed by atoms with Gasteiger partial charge in [0, 0.05) is 18.4 Å². The van der Waals surface area contributed by atoms with E-state index in [1.54, 1.807) is 0 Å². The van der Waals surface area contributed by atoms with Gasteiger partial charge >= 0.3 is 0 Å². The van der Waals surface area contributed by atoms with Crippen molar-refractivity contribution in [3.63, 3.8) is 0 Å². The van der Waals surface area contributed by atoms with E-state index in [-0.39, 0.29) is 47.0 Å². The van der Waals surface area contributed by atoms with Crippen LogP contribution < -0.4 is 16.8 Å². The fraction of sp³-hybridized carbons (Fsp3) is 0.667. The molecule has 2 saturated carbocycles. The zero-order chi connectivity index (χ0) is 15.3. The van der Waals surface area contributed by atoms with Gasteiger partial charge in [-0.25, -0.2) is 0 Å². The molecule has 1 aromatic heterocycles. The number of nitrogen functional groups attached to an aromatic ring is 2. The molecule has 0 unspecified atom stereocenters. The number of hydrogen-bond acceptors (Lipinski definition) is 8. The molecule has 8 N–H and O–H groups in total. The number of aliphatic hydroxyl groups is 3. The summed E-state index contributed by atoms with van der Waals surface area (Å²) in [5.74, 6) is -0.403. The van der Waals surface area contributed by atoms with Crippen LogP contribution in [0.4, 0.5) is 17.5 Å². The zero-order valence-corrected chi connectivity index (χ0v) is 11.9. The van der Waals surface area contributed by atoms with Gasteiger partial charge in [0.1, 0.15) is 5.69 Å². The largest absolute Gasteiger partial charge is 0.396 e. The van der Waals surface area contributed by atoms with Crippen LogP contribution in [0.1, 0.15) is 6.42 Å². The van der Waals surface area contributed by atoms with Gasteiger partial charge in [-0.05, 0) is 12.3 Å². The second-order valence-corrected chi connectivity index (χ2v) is 6.05. The molecular formula is C12H18ClN5O3. The highest BCUT2D eigenvalue weighted by Gasteiger charge is 2.57. The number of nitrogens with zero attached hydrogens (tertiary/aromatic N) is 2. The molecule has 21 heavy (non-hydrogen) atoms. The van der Waals surface area contributed by atoms with Crippen molar-refractivity contribution in [2.24, 2.45) is 17.8 Å². The van der Waals surface area contributed by atoms with E-state index in [0.717, 1.165) is 0 Å². The van der Waals surface area contributed by atoms with E-state index in [4.69, 9.17) is 23.1 Å². The van der Waals surface area contributed by atoms with Crippen LogP contribution in [0.15, 0.2) is 0 Å². The van der Waals surface area contributed by atoms with E-state index in [2.05, 4.69) is 15.3 Å². The Kier molecular flexibility index (Phi) is 3.56. The van der Waals surface area contributed by atoms with Crippen molar-refractivity contribution in [1.82, 2.24) is 9.97 Å². The Labute approximate surface area is 126 Å². The summed E-state index contributed by atoms with van der Waals surface area (Å²) in [7, 11) is 0. The number of nitrogens with one attached hydrogen (secondary N) is 1. The molecule has 2 aliphatic carbocycles. The topological polar surface area (TPSA) is 151 Å². The number of halogens is 1. The maximum atomic E-state index is 10.4. The average molecular weight is 316 g/mol. The van der Waals surface area contributed by atoms with Gasteiger partial charge in [-0.1, -0.05) is 11.6 Å². The minimum Gasteiger partial charge on any atom is -0.396 e. The monoisotopic (exact) mass is 315 g/mol. The predicted molar refractivity (Wildman–Crippen MR) is 77.5 cm³/mol. The average Bonchev–Trinajstić information content (AvgIpc) is 2.91. The molecule has 0 spiro atoms. The fourth-order valence-corrected chi connectivity index (χ4v) is 3.81. The third-order valence-electron chi connectivity index (χ3n) is 4.67. The molecule has 0 saturated heterocycles. The van der Waals surface area contributed by atoms with Crippen LogP contribution in [-0.4, -0.2) is 50.1 Å². The van der Waals surface area contributed by atoms with Gasteiger partial charge < -0.3 is 32.1 Å². The van der Waals surface area contributed by atoms with Gasteiger partial charge in [0.05, 0.1) is 18.2 Å². The molecular weight excluding hydrogens is 298 g/mol. The summed E-state index contributed by atoms with van der Waals surface area (Å²) in [6, 6.07) is -0.416. The molecule has 3 rings (SSSR count). The Bertz CT molecular complexity index is 560. The highest BCUT2D eigenvalue weighted by molar-refractivity contribution is 6.32. The molecule has 0 amide bonds. The van der Waals surface area contributed by atoms with Crippen molar-refractivity contribution in [2.75, 3.05) is 23.4 Å². The van der Waals surface area contributed by atoms with E-state index >= 15 is 0 Å². The molecule has 0 radical (unpaired) electrons. The lowest BCUT2D eigenvalue weighted by Gasteiger charge is -2.36. The van der Waals surface area contributed by atoms with E-state index in [9.17, 15) is 15.3 Å². The molecule has 2 aliphatic rings. The molecule has 2 bridgehead atoms. The third kappa shape index (κ3) is 2.18. The van der Waals surface area contributed by atoms with Crippen LogP contribution in [0.5, 0.6) is 0 Å². The minimum absolute atomic E-state index is 0.0249. The first-order valence-corrected chi connectivity index (χ1v) is 7.13. The van der Waals surface area contributed by atoms with Gasteiger partial charge in [-0.15, -0.1) is 0 Å². The number of rotatable bonds is 3. The summed E-state index contributed by atoms with van der Waals surface area (Å²) in [6.45, 7) is -0.138. The van der Waals surface area contributed by atoms with Crippen LogP contribution in [0.3, 0.4) is 0 Å². The molecule has 8 nitrogen and oxygen atoms in total. The highest BCUT2D eigenvalue weighted by atomic mass is 35.5. The SMILES string of the molecule is Nc1nc(Cl)c(N)c(N[C@H]2[C@H](O)[C@@H]3C[C@H]2[C@@H](O)[C@@H]3CO)n1. The Balaban J connectivity index is 1.84. The van der Waals surface area contributed by atoms with Gasteiger partial charge in [0.25, 0.3) is 0 Å². The van der Waals surface area contributed by atoms with Gasteiger partial charge in [0.15, 0.2) is 11.0 Å². The number of aromatic nitrogens is 2. The van der Waals surface area contributed by atoms with E-state index in [1.165, 1.54) is 0 Å². The quantitative estimate of drug-likeness (QED) is 0.391. The lowest BCUT2D eigenvalue weighted by atomic mass is 9.82. The summed E-state index contributed by atoms with van der Waals surface area (Å²) in [6.07, 6.45) is -0.735. The first kappa shape index (κ1) is 14.6. The summed E-state index contributed by atoms with van der Waals surface area (Å²) >= 11 is 5.85. The number of aliphatic hydroxyl groups excluding tert-OH is 3. The van der Waals surface area contributed by atoms with Crippen LogP contribution in [0.2, 0.25) is 5.15 Å². The molecule has 1 heterocycles. The summed E-state index contributed by atoms with van der Waals surface area (Å²) in [5, 5.41) is 32.9. The summed E-state index contributed by atoms with van der Waals surface area (Å²) < 4.78 is 0. The maximum Gasteiger partial charge on any atom is 0.223 e. The second kappa shape index (κ2) is 5.13. The molecule has 9 heteroatoms. The van der Waals surface area contributed by atoms with Crippen molar-refractivity contribution in [3.05, 3.63) is 5.15 Å². The fourth-order valence-electron chi connectivity index (χ4n) is 3.63. The first-order chi connectivity index (χ1) is 9.93. The van der Waals surface area contributed by atoms with E-state index < -0.39 is 18.2 Å². The summed E-state index contributed by atoms with van der Waals surface area (Å²) in [5.41, 5.74) is 11.5. The Morgan fingerprint density at radius 3 is 2.57 bits per heavy atom. The van der Waals surface area contributed by atoms with Crippen LogP contribution >= 0.6 is 11.6 Å². The van der Waals surface area contributed by atoms with Gasteiger partial charge in [0.2, 0.25) is 5.95 Å². The normalized spacial score (nSPS) is 37.9. The first-order valence-electron chi connectivity index (χ1n) is 6.76.